The predicted octanol–water partition coefficient (Wildman–Crippen LogP) is 5.39. The SMILES string of the molecule is CC1(C)CCC(Oc2ccc3cc(CN4CCC4)ccc3c2)CC1. The van der Waals surface area contributed by atoms with E-state index in [0.717, 1.165) is 12.3 Å². The summed E-state index contributed by atoms with van der Waals surface area (Å²) in [6.45, 7) is 8.34. The Morgan fingerprint density at radius 2 is 1.71 bits per heavy atom. The highest BCUT2D eigenvalue weighted by Crippen LogP contribution is 2.37. The number of rotatable bonds is 4. The lowest BCUT2D eigenvalue weighted by Gasteiger charge is -2.34. The van der Waals surface area contributed by atoms with E-state index >= 15 is 0 Å². The number of hydrogen-bond donors (Lipinski definition) is 0. The van der Waals surface area contributed by atoms with E-state index in [9.17, 15) is 0 Å². The maximum absolute atomic E-state index is 6.27. The van der Waals surface area contributed by atoms with Crippen molar-refractivity contribution in [2.24, 2.45) is 5.41 Å². The summed E-state index contributed by atoms with van der Waals surface area (Å²) in [5, 5.41) is 2.61. The summed E-state index contributed by atoms with van der Waals surface area (Å²) in [4.78, 5) is 2.50. The normalized spacial score (nSPS) is 21.6. The molecule has 1 heterocycles. The number of ether oxygens (including phenoxy) is 1. The van der Waals surface area contributed by atoms with E-state index in [2.05, 4.69) is 55.1 Å². The highest BCUT2D eigenvalue weighted by atomic mass is 16.5. The Kier molecular flexibility index (Phi) is 4.26. The third-order valence-corrected chi connectivity index (χ3v) is 5.82. The van der Waals surface area contributed by atoms with Gasteiger partial charge < -0.3 is 4.74 Å². The van der Waals surface area contributed by atoms with Gasteiger partial charge in [-0.05, 0) is 85.1 Å². The van der Waals surface area contributed by atoms with Crippen molar-refractivity contribution in [1.29, 1.82) is 0 Å². The number of benzene rings is 2. The highest BCUT2D eigenvalue weighted by molar-refractivity contribution is 5.84. The Morgan fingerprint density at radius 3 is 2.42 bits per heavy atom. The van der Waals surface area contributed by atoms with Crippen LogP contribution in [-0.4, -0.2) is 24.1 Å². The number of fused-ring (bicyclic) bond motifs is 1. The molecular formula is C22H29NO. The molecule has 2 aromatic rings. The molecule has 2 aliphatic rings. The Labute approximate surface area is 145 Å². The smallest absolute Gasteiger partial charge is 0.120 e. The van der Waals surface area contributed by atoms with E-state index in [1.54, 1.807) is 0 Å². The van der Waals surface area contributed by atoms with E-state index in [0.29, 0.717) is 11.5 Å². The summed E-state index contributed by atoms with van der Waals surface area (Å²) in [7, 11) is 0. The first-order chi connectivity index (χ1) is 11.6. The van der Waals surface area contributed by atoms with Crippen LogP contribution in [0, 0.1) is 5.41 Å². The molecule has 2 fully saturated rings. The molecule has 2 nitrogen and oxygen atoms in total. The maximum Gasteiger partial charge on any atom is 0.120 e. The topological polar surface area (TPSA) is 12.5 Å². The molecule has 1 saturated carbocycles. The molecule has 1 aliphatic heterocycles. The van der Waals surface area contributed by atoms with Crippen molar-refractivity contribution in [2.45, 2.75) is 58.6 Å². The summed E-state index contributed by atoms with van der Waals surface area (Å²) in [6, 6.07) is 13.4. The average molecular weight is 323 g/mol. The molecule has 0 N–H and O–H groups in total. The largest absolute Gasteiger partial charge is 0.490 e. The van der Waals surface area contributed by atoms with Gasteiger partial charge in [-0.2, -0.15) is 0 Å². The Bertz CT molecular complexity index is 707. The van der Waals surface area contributed by atoms with Crippen LogP contribution in [0.25, 0.3) is 10.8 Å². The molecule has 2 heteroatoms. The van der Waals surface area contributed by atoms with Crippen molar-refractivity contribution in [3.05, 3.63) is 42.0 Å². The van der Waals surface area contributed by atoms with Crippen LogP contribution in [0.4, 0.5) is 0 Å². The standard InChI is InChI=1S/C22H29NO/c1-22(2)10-8-20(9-11-22)24-21-7-6-18-14-17(4-5-19(18)15-21)16-23-12-3-13-23/h4-7,14-15,20H,3,8-13,16H2,1-2H3. The molecule has 1 saturated heterocycles. The van der Waals surface area contributed by atoms with Crippen molar-refractivity contribution in [3.8, 4) is 5.75 Å². The zero-order valence-corrected chi connectivity index (χ0v) is 15.1. The van der Waals surface area contributed by atoms with Crippen molar-refractivity contribution < 1.29 is 4.74 Å². The van der Waals surface area contributed by atoms with Crippen molar-refractivity contribution in [2.75, 3.05) is 13.1 Å². The van der Waals surface area contributed by atoms with Crippen LogP contribution in [0.5, 0.6) is 5.75 Å². The van der Waals surface area contributed by atoms with E-state index < -0.39 is 0 Å². The molecule has 0 unspecified atom stereocenters. The zero-order valence-electron chi connectivity index (χ0n) is 15.1. The third-order valence-electron chi connectivity index (χ3n) is 5.82. The van der Waals surface area contributed by atoms with Gasteiger partial charge in [0, 0.05) is 6.54 Å². The summed E-state index contributed by atoms with van der Waals surface area (Å²) in [5.41, 5.74) is 1.92. The minimum absolute atomic E-state index is 0.390. The molecule has 2 aromatic carbocycles. The molecule has 0 atom stereocenters. The van der Waals surface area contributed by atoms with Crippen molar-refractivity contribution >= 4 is 10.8 Å². The molecule has 128 valence electrons. The van der Waals surface area contributed by atoms with E-state index in [1.165, 1.54) is 61.5 Å². The summed E-state index contributed by atoms with van der Waals surface area (Å²) < 4.78 is 6.27. The Hall–Kier alpha value is -1.54. The number of nitrogens with zero attached hydrogens (tertiary/aromatic N) is 1. The highest BCUT2D eigenvalue weighted by Gasteiger charge is 2.27. The van der Waals surface area contributed by atoms with Gasteiger partial charge in [-0.15, -0.1) is 0 Å². The van der Waals surface area contributed by atoms with Crippen LogP contribution in [0.1, 0.15) is 51.5 Å². The quantitative estimate of drug-likeness (QED) is 0.747. The van der Waals surface area contributed by atoms with Crippen LogP contribution < -0.4 is 4.74 Å². The minimum Gasteiger partial charge on any atom is -0.490 e. The molecule has 0 spiro atoms. The fourth-order valence-corrected chi connectivity index (χ4v) is 3.93. The van der Waals surface area contributed by atoms with Gasteiger partial charge in [0.2, 0.25) is 0 Å². The van der Waals surface area contributed by atoms with Crippen LogP contribution in [-0.2, 0) is 6.54 Å². The van der Waals surface area contributed by atoms with E-state index in [4.69, 9.17) is 4.74 Å². The molecule has 0 radical (unpaired) electrons. The molecule has 0 aromatic heterocycles. The third kappa shape index (κ3) is 3.59. The molecule has 0 amide bonds. The summed E-state index contributed by atoms with van der Waals surface area (Å²) in [5.74, 6) is 1.03. The summed E-state index contributed by atoms with van der Waals surface area (Å²) >= 11 is 0. The second-order valence-corrected chi connectivity index (χ2v) is 8.45. The summed E-state index contributed by atoms with van der Waals surface area (Å²) in [6.07, 6.45) is 6.64. The van der Waals surface area contributed by atoms with Crippen molar-refractivity contribution in [3.63, 3.8) is 0 Å². The van der Waals surface area contributed by atoms with Crippen LogP contribution in [0.3, 0.4) is 0 Å². The molecular weight excluding hydrogens is 294 g/mol. The van der Waals surface area contributed by atoms with Gasteiger partial charge in [0.25, 0.3) is 0 Å². The monoisotopic (exact) mass is 323 g/mol. The van der Waals surface area contributed by atoms with Gasteiger partial charge in [0.05, 0.1) is 6.10 Å². The fraction of sp³-hybridized carbons (Fsp3) is 0.545. The predicted molar refractivity (Wildman–Crippen MR) is 101 cm³/mol. The zero-order chi connectivity index (χ0) is 16.6. The number of hydrogen-bond acceptors (Lipinski definition) is 2. The van der Waals surface area contributed by atoms with Gasteiger partial charge >= 0.3 is 0 Å². The second-order valence-electron chi connectivity index (χ2n) is 8.45. The van der Waals surface area contributed by atoms with Gasteiger partial charge in [-0.25, -0.2) is 0 Å². The second kappa shape index (κ2) is 6.40. The van der Waals surface area contributed by atoms with Crippen LogP contribution in [0.2, 0.25) is 0 Å². The lowest BCUT2D eigenvalue weighted by molar-refractivity contribution is 0.0989. The lowest BCUT2D eigenvalue weighted by atomic mass is 9.76. The van der Waals surface area contributed by atoms with E-state index in [-0.39, 0.29) is 0 Å². The average Bonchev–Trinajstić information content (AvgIpc) is 2.53. The van der Waals surface area contributed by atoms with Gasteiger partial charge in [-0.1, -0.05) is 32.0 Å². The van der Waals surface area contributed by atoms with Crippen molar-refractivity contribution in [1.82, 2.24) is 4.90 Å². The first-order valence-electron chi connectivity index (χ1n) is 9.49. The molecule has 1 aliphatic carbocycles. The van der Waals surface area contributed by atoms with Crippen LogP contribution in [0.15, 0.2) is 36.4 Å². The number of likely N-dealkylation sites (tertiary alicyclic amines) is 1. The fourth-order valence-electron chi connectivity index (χ4n) is 3.93. The van der Waals surface area contributed by atoms with Gasteiger partial charge in [0.15, 0.2) is 0 Å². The first kappa shape index (κ1) is 16.0. The molecule has 0 bridgehead atoms. The molecule has 24 heavy (non-hydrogen) atoms. The van der Waals surface area contributed by atoms with Crippen LogP contribution >= 0.6 is 0 Å². The minimum atomic E-state index is 0.390. The Morgan fingerprint density at radius 1 is 1.00 bits per heavy atom. The maximum atomic E-state index is 6.27. The lowest BCUT2D eigenvalue weighted by Crippen LogP contribution is -2.36. The van der Waals surface area contributed by atoms with Gasteiger partial charge in [-0.3, -0.25) is 4.90 Å². The Balaban J connectivity index is 1.44. The van der Waals surface area contributed by atoms with E-state index in [1.807, 2.05) is 0 Å². The first-order valence-corrected chi connectivity index (χ1v) is 9.49. The van der Waals surface area contributed by atoms with Gasteiger partial charge in [0.1, 0.15) is 5.75 Å². The molecule has 4 rings (SSSR count).